The fourth-order valence-corrected chi connectivity index (χ4v) is 4.50. The van der Waals surface area contributed by atoms with Gasteiger partial charge in [-0.25, -0.2) is 18.4 Å². The number of rotatable bonds is 8. The second-order valence-electron chi connectivity index (χ2n) is 9.18. The van der Waals surface area contributed by atoms with Crippen LogP contribution in [-0.4, -0.2) is 64.8 Å². The Labute approximate surface area is 221 Å². The minimum Gasteiger partial charge on any atom is -0.382 e. The second kappa shape index (κ2) is 9.87. The standard InChI is InChI=1S/C24H21B4N5O3S/c1-23(2,25)37(34,35)17-9-7-16(8-10-17)19-13-30-22(29)21(32-19)20-11-18(33-36-20)15-5-3-14(4-6-15)12-31-24(26,27)28/h3-11,13,31H,12H2,1-2H3,(H2,29,30). The largest absolute Gasteiger partial charge is 0.382 e. The maximum atomic E-state index is 12.6. The molecule has 0 spiro atoms. The third kappa shape index (κ3) is 5.99. The highest BCUT2D eigenvalue weighted by atomic mass is 32.2. The molecule has 0 bridgehead atoms. The van der Waals surface area contributed by atoms with Crippen LogP contribution in [0.4, 0.5) is 5.82 Å². The van der Waals surface area contributed by atoms with Crippen molar-refractivity contribution in [1.82, 2.24) is 20.4 Å². The van der Waals surface area contributed by atoms with Crippen molar-refractivity contribution in [3.05, 3.63) is 66.4 Å². The first-order valence-electron chi connectivity index (χ1n) is 11.2. The number of nitrogen functional groups attached to an aromatic ring is 1. The minimum atomic E-state index is -3.69. The molecule has 0 amide bonds. The van der Waals surface area contributed by atoms with Crippen LogP contribution in [0.25, 0.3) is 34.0 Å². The van der Waals surface area contributed by atoms with E-state index in [4.69, 9.17) is 41.6 Å². The molecular formula is C24H21B4N5O3S. The van der Waals surface area contributed by atoms with Gasteiger partial charge in [-0.1, -0.05) is 60.6 Å². The number of hydrogen-bond acceptors (Lipinski definition) is 8. The van der Waals surface area contributed by atoms with Crippen molar-refractivity contribution in [2.24, 2.45) is 0 Å². The average molecular weight is 503 g/mol. The number of sulfone groups is 1. The smallest absolute Gasteiger partial charge is 0.189 e. The molecule has 8 radical (unpaired) electrons. The summed E-state index contributed by atoms with van der Waals surface area (Å²) in [7, 11) is 18.7. The Morgan fingerprint density at radius 3 is 2.14 bits per heavy atom. The van der Waals surface area contributed by atoms with Gasteiger partial charge in [0.15, 0.2) is 27.1 Å². The first-order chi connectivity index (χ1) is 17.2. The van der Waals surface area contributed by atoms with E-state index in [0.29, 0.717) is 35.0 Å². The number of nitrogens with two attached hydrogens (primary N) is 1. The number of benzene rings is 2. The minimum absolute atomic E-state index is 0.113. The van der Waals surface area contributed by atoms with Crippen molar-refractivity contribution in [2.75, 3.05) is 5.73 Å². The number of nitrogens with zero attached hydrogens (tertiary/aromatic N) is 3. The molecular weight excluding hydrogens is 482 g/mol. The lowest BCUT2D eigenvalue weighted by atomic mass is 9.49. The zero-order chi connectivity index (χ0) is 27.0. The molecule has 13 heteroatoms. The van der Waals surface area contributed by atoms with Gasteiger partial charge in [-0.15, -0.1) is 0 Å². The number of aromatic nitrogens is 3. The zero-order valence-electron chi connectivity index (χ0n) is 20.3. The fraction of sp³-hybridized carbons (Fsp3) is 0.208. The van der Waals surface area contributed by atoms with Gasteiger partial charge in [0.2, 0.25) is 0 Å². The Morgan fingerprint density at radius 1 is 0.946 bits per heavy atom. The molecule has 0 aliphatic heterocycles. The third-order valence-corrected chi connectivity index (χ3v) is 7.82. The van der Waals surface area contributed by atoms with Crippen molar-refractivity contribution in [3.63, 3.8) is 0 Å². The number of nitrogens with one attached hydrogen (secondary N) is 1. The summed E-state index contributed by atoms with van der Waals surface area (Å²) in [6.45, 7) is 3.28. The van der Waals surface area contributed by atoms with Gasteiger partial charge in [-0.3, -0.25) is 0 Å². The van der Waals surface area contributed by atoms with E-state index in [1.807, 2.05) is 24.3 Å². The third-order valence-electron chi connectivity index (χ3n) is 5.55. The highest BCUT2D eigenvalue weighted by Gasteiger charge is 2.30. The molecule has 3 N–H and O–H groups in total. The van der Waals surface area contributed by atoms with Crippen LogP contribution >= 0.6 is 0 Å². The van der Waals surface area contributed by atoms with Gasteiger partial charge in [0, 0.05) is 28.4 Å². The van der Waals surface area contributed by atoms with Crippen molar-refractivity contribution < 1.29 is 12.9 Å². The fourth-order valence-electron chi connectivity index (χ4n) is 3.40. The molecule has 178 valence electrons. The predicted molar refractivity (Wildman–Crippen MR) is 147 cm³/mol. The first-order valence-corrected chi connectivity index (χ1v) is 12.7. The SMILES string of the molecule is [B]C([B])([B])NCc1ccc(-c2cc(-c3nc(-c4ccc(S(=O)(=O)C([B])(C)C)cc4)cnc3N)on2)cc1. The highest BCUT2D eigenvalue weighted by Crippen LogP contribution is 2.31. The van der Waals surface area contributed by atoms with E-state index in [1.54, 1.807) is 18.2 Å². The maximum absolute atomic E-state index is 12.6. The molecule has 4 aromatic rings. The summed E-state index contributed by atoms with van der Waals surface area (Å²) in [6, 6.07) is 15.4. The van der Waals surface area contributed by atoms with E-state index >= 15 is 0 Å². The van der Waals surface area contributed by atoms with Crippen LogP contribution in [-0.2, 0) is 16.4 Å². The van der Waals surface area contributed by atoms with Gasteiger partial charge >= 0.3 is 0 Å². The Hall–Kier alpha value is -3.30. The monoisotopic (exact) mass is 503 g/mol. The molecule has 4 rings (SSSR count). The van der Waals surface area contributed by atoms with E-state index in [-0.39, 0.29) is 10.7 Å². The van der Waals surface area contributed by atoms with Gasteiger partial charge in [-0.2, -0.15) is 0 Å². The molecule has 2 aromatic carbocycles. The van der Waals surface area contributed by atoms with Crippen LogP contribution < -0.4 is 11.1 Å². The van der Waals surface area contributed by atoms with E-state index in [0.717, 1.165) is 11.1 Å². The topological polar surface area (TPSA) is 124 Å². The first kappa shape index (κ1) is 26.8. The quantitative estimate of drug-likeness (QED) is 0.350. The van der Waals surface area contributed by atoms with Crippen molar-refractivity contribution in [1.29, 1.82) is 0 Å². The van der Waals surface area contributed by atoms with Crippen LogP contribution in [0.3, 0.4) is 0 Å². The van der Waals surface area contributed by atoms with E-state index in [9.17, 15) is 8.42 Å². The summed E-state index contributed by atoms with van der Waals surface area (Å²) in [5, 5.41) is 5.47. The molecule has 0 saturated heterocycles. The Bertz CT molecular complexity index is 1510. The average Bonchev–Trinajstić information content (AvgIpc) is 3.32. The van der Waals surface area contributed by atoms with Gasteiger partial charge in [0.05, 0.1) is 48.2 Å². The van der Waals surface area contributed by atoms with Crippen LogP contribution in [0.5, 0.6) is 0 Å². The van der Waals surface area contributed by atoms with Gasteiger partial charge in [-0.05, 0) is 17.7 Å². The van der Waals surface area contributed by atoms with E-state index in [2.05, 4.69) is 20.4 Å². The normalized spacial score (nSPS) is 12.5. The summed E-state index contributed by atoms with van der Waals surface area (Å²) in [5.74, 6) is 0.488. The van der Waals surface area contributed by atoms with Crippen LogP contribution in [0.15, 0.2) is 70.2 Å². The summed E-state index contributed by atoms with van der Waals surface area (Å²) in [6.07, 6.45) is 1.50. The van der Waals surface area contributed by atoms with Gasteiger partial charge < -0.3 is 15.6 Å². The summed E-state index contributed by atoms with van der Waals surface area (Å²) < 4.78 is 29.3. The molecule has 37 heavy (non-hydrogen) atoms. The summed E-state index contributed by atoms with van der Waals surface area (Å²) in [4.78, 5) is 8.92. The van der Waals surface area contributed by atoms with Crippen LogP contribution in [0.2, 0.25) is 0 Å². The van der Waals surface area contributed by atoms with E-state index in [1.165, 1.54) is 32.2 Å². The van der Waals surface area contributed by atoms with Crippen molar-refractivity contribution in [3.8, 4) is 34.0 Å². The molecule has 0 fully saturated rings. The maximum Gasteiger partial charge on any atom is 0.189 e. The second-order valence-corrected chi connectivity index (χ2v) is 11.7. The molecule has 0 unspecified atom stereocenters. The number of hydrogen-bond donors (Lipinski definition) is 2. The Morgan fingerprint density at radius 2 is 1.54 bits per heavy atom. The van der Waals surface area contributed by atoms with Crippen molar-refractivity contribution >= 4 is 47.0 Å². The Balaban J connectivity index is 1.57. The lowest BCUT2D eigenvalue weighted by Crippen LogP contribution is -2.46. The molecule has 0 atom stereocenters. The lowest BCUT2D eigenvalue weighted by Gasteiger charge is -2.22. The molecule has 8 nitrogen and oxygen atoms in total. The zero-order valence-corrected chi connectivity index (χ0v) is 21.2. The highest BCUT2D eigenvalue weighted by molar-refractivity contribution is 7.94. The molecule has 2 heterocycles. The predicted octanol–water partition coefficient (Wildman–Crippen LogP) is 1.93. The summed E-state index contributed by atoms with van der Waals surface area (Å²) >= 11 is 0. The number of anilines is 1. The molecule has 0 aliphatic rings. The molecule has 0 aliphatic carbocycles. The molecule has 0 saturated carbocycles. The van der Waals surface area contributed by atoms with Crippen LogP contribution in [0, 0.1) is 0 Å². The van der Waals surface area contributed by atoms with Crippen LogP contribution in [0.1, 0.15) is 19.4 Å². The van der Waals surface area contributed by atoms with Crippen molar-refractivity contribution in [2.45, 2.75) is 35.2 Å². The lowest BCUT2D eigenvalue weighted by molar-refractivity contribution is 0.434. The molecule has 2 aromatic heterocycles. The van der Waals surface area contributed by atoms with Gasteiger partial charge in [0.25, 0.3) is 0 Å². The van der Waals surface area contributed by atoms with Gasteiger partial charge in [0.1, 0.15) is 5.69 Å². The summed E-state index contributed by atoms with van der Waals surface area (Å²) in [5.41, 5.74) is 9.81. The van der Waals surface area contributed by atoms with E-state index < -0.39 is 19.7 Å². The Kier molecular flexibility index (Phi) is 7.14.